The molecule has 1 saturated carbocycles. The van der Waals surface area contributed by atoms with Crippen molar-refractivity contribution < 1.29 is 27.5 Å². The molecule has 31 heavy (non-hydrogen) atoms. The first kappa shape index (κ1) is 21.1. The van der Waals surface area contributed by atoms with Crippen molar-refractivity contribution in [2.75, 3.05) is 9.80 Å². The smallest absolute Gasteiger partial charge is 0.392 e. The third kappa shape index (κ3) is 3.61. The van der Waals surface area contributed by atoms with Crippen LogP contribution in [0.5, 0.6) is 0 Å². The predicted octanol–water partition coefficient (Wildman–Crippen LogP) is 4.97. The van der Waals surface area contributed by atoms with Crippen LogP contribution in [0.1, 0.15) is 42.4 Å². The van der Waals surface area contributed by atoms with Gasteiger partial charge in [-0.2, -0.15) is 18.4 Å². The molecular weight excluding hydrogens is 414 g/mol. The number of hydrogen-bond acceptors (Lipinski definition) is 3. The van der Waals surface area contributed by atoms with E-state index in [9.17, 15) is 27.5 Å². The number of nitrogens with zero attached hydrogens (tertiary/aromatic N) is 3. The zero-order valence-electron chi connectivity index (χ0n) is 16.4. The Bertz CT molecular complexity index is 1060. The molecule has 1 aliphatic heterocycles. The normalized spacial score (nSPS) is 21.2. The number of carbonyl (C=O) groups is 1. The summed E-state index contributed by atoms with van der Waals surface area (Å²) < 4.78 is 54.7. The number of amides is 2. The van der Waals surface area contributed by atoms with E-state index >= 15 is 0 Å². The summed E-state index contributed by atoms with van der Waals surface area (Å²) in [5, 5.41) is 18.2. The number of anilines is 2. The minimum Gasteiger partial charge on any atom is -0.392 e. The van der Waals surface area contributed by atoms with Crippen molar-refractivity contribution >= 4 is 17.4 Å². The lowest BCUT2D eigenvalue weighted by Crippen LogP contribution is -2.40. The van der Waals surface area contributed by atoms with Crippen LogP contribution in [0, 0.1) is 17.1 Å². The Morgan fingerprint density at radius 1 is 1.03 bits per heavy atom. The summed E-state index contributed by atoms with van der Waals surface area (Å²) in [5.41, 5.74) is -1.16. The van der Waals surface area contributed by atoms with Gasteiger partial charge >= 0.3 is 12.2 Å². The zero-order chi connectivity index (χ0) is 22.3. The molecule has 2 aromatic carbocycles. The maximum atomic E-state index is 14.3. The van der Waals surface area contributed by atoms with Gasteiger partial charge in [-0.15, -0.1) is 0 Å². The summed E-state index contributed by atoms with van der Waals surface area (Å²) >= 11 is 0. The zero-order valence-corrected chi connectivity index (χ0v) is 16.4. The van der Waals surface area contributed by atoms with Gasteiger partial charge in [0.15, 0.2) is 0 Å². The standard InChI is InChI=1S/C22H19F4N3O2/c23-18-10-16(8-6-14(18)12-30)29-20-4-2-1-3-19(20)28(21(29)31)15-7-5-13(11-27)17(9-15)22(24,25)26/h5-10,19-20,30H,1-4,12H2. The van der Waals surface area contributed by atoms with Crippen molar-refractivity contribution in [3.8, 4) is 6.07 Å². The molecule has 1 heterocycles. The van der Waals surface area contributed by atoms with E-state index in [0.29, 0.717) is 18.5 Å². The van der Waals surface area contributed by atoms with Crippen molar-refractivity contribution in [2.24, 2.45) is 0 Å². The fraction of sp³-hybridized carbons (Fsp3) is 0.364. The maximum Gasteiger partial charge on any atom is 0.417 e. The van der Waals surface area contributed by atoms with Crippen LogP contribution in [0.4, 0.5) is 33.7 Å². The predicted molar refractivity (Wildman–Crippen MR) is 105 cm³/mol. The van der Waals surface area contributed by atoms with Gasteiger partial charge in [-0.25, -0.2) is 9.18 Å². The monoisotopic (exact) mass is 433 g/mol. The van der Waals surface area contributed by atoms with Crippen molar-refractivity contribution in [2.45, 2.75) is 50.6 Å². The Morgan fingerprint density at radius 2 is 1.61 bits per heavy atom. The number of hydrogen-bond donors (Lipinski definition) is 1. The van der Waals surface area contributed by atoms with Gasteiger partial charge in [0.05, 0.1) is 35.9 Å². The number of benzene rings is 2. The maximum absolute atomic E-state index is 14.3. The van der Waals surface area contributed by atoms with E-state index in [1.165, 1.54) is 34.1 Å². The van der Waals surface area contributed by atoms with E-state index in [0.717, 1.165) is 25.0 Å². The number of fused-ring (bicyclic) bond motifs is 1. The van der Waals surface area contributed by atoms with Crippen LogP contribution in [0.2, 0.25) is 0 Å². The van der Waals surface area contributed by atoms with Gasteiger partial charge in [0, 0.05) is 16.9 Å². The fourth-order valence-electron chi connectivity index (χ4n) is 4.53. The molecule has 2 unspecified atom stereocenters. The van der Waals surface area contributed by atoms with Crippen molar-refractivity contribution in [3.05, 3.63) is 58.9 Å². The summed E-state index contributed by atoms with van der Waals surface area (Å²) in [6.45, 7) is -0.482. The summed E-state index contributed by atoms with van der Waals surface area (Å²) in [6.07, 6.45) is -1.83. The van der Waals surface area contributed by atoms with Gasteiger partial charge < -0.3 is 5.11 Å². The summed E-state index contributed by atoms with van der Waals surface area (Å²) in [4.78, 5) is 16.1. The first-order chi connectivity index (χ1) is 14.8. The molecule has 2 aliphatic rings. The third-order valence-electron chi connectivity index (χ3n) is 5.96. The van der Waals surface area contributed by atoms with E-state index in [2.05, 4.69) is 0 Å². The van der Waals surface area contributed by atoms with E-state index in [1.807, 2.05) is 0 Å². The lowest BCUT2D eigenvalue weighted by atomic mass is 9.89. The Labute approximate surface area is 176 Å². The van der Waals surface area contributed by atoms with Crippen LogP contribution in [0.3, 0.4) is 0 Å². The number of halogens is 4. The largest absolute Gasteiger partial charge is 0.417 e. The SMILES string of the molecule is N#Cc1ccc(N2C(=O)N(c3ccc(CO)c(F)c3)C3CCCCC32)cc1C(F)(F)F. The van der Waals surface area contributed by atoms with Gasteiger partial charge in [-0.1, -0.05) is 18.9 Å². The van der Waals surface area contributed by atoms with E-state index in [4.69, 9.17) is 5.26 Å². The molecule has 1 aliphatic carbocycles. The molecule has 2 fully saturated rings. The van der Waals surface area contributed by atoms with Gasteiger partial charge in [0.2, 0.25) is 0 Å². The minimum absolute atomic E-state index is 0.0585. The number of alkyl halides is 3. The molecule has 0 bridgehead atoms. The second-order valence-electron chi connectivity index (χ2n) is 7.72. The summed E-state index contributed by atoms with van der Waals surface area (Å²) in [7, 11) is 0. The molecule has 0 spiro atoms. The van der Waals surface area contributed by atoms with Gasteiger partial charge in [0.25, 0.3) is 0 Å². The van der Waals surface area contributed by atoms with Crippen LogP contribution in [0.15, 0.2) is 36.4 Å². The van der Waals surface area contributed by atoms with Crippen molar-refractivity contribution in [1.29, 1.82) is 5.26 Å². The number of nitriles is 1. The topological polar surface area (TPSA) is 67.6 Å². The summed E-state index contributed by atoms with van der Waals surface area (Å²) in [5.74, 6) is -0.656. The molecule has 1 saturated heterocycles. The highest BCUT2D eigenvalue weighted by molar-refractivity contribution is 6.07. The second kappa shape index (κ2) is 7.85. The molecule has 2 atom stereocenters. The highest BCUT2D eigenvalue weighted by Gasteiger charge is 2.48. The Kier molecular flexibility index (Phi) is 5.35. The van der Waals surface area contributed by atoms with Crippen LogP contribution in [-0.4, -0.2) is 23.2 Å². The molecule has 1 N–H and O–H groups in total. The molecule has 5 nitrogen and oxygen atoms in total. The number of urea groups is 1. The van der Waals surface area contributed by atoms with Crippen LogP contribution < -0.4 is 9.80 Å². The lowest BCUT2D eigenvalue weighted by Gasteiger charge is -2.32. The van der Waals surface area contributed by atoms with E-state index in [-0.39, 0.29) is 23.3 Å². The quantitative estimate of drug-likeness (QED) is 0.696. The first-order valence-corrected chi connectivity index (χ1v) is 9.89. The molecule has 9 heteroatoms. The average Bonchev–Trinajstić information content (AvgIpc) is 3.04. The molecule has 2 aromatic rings. The van der Waals surface area contributed by atoms with Crippen LogP contribution in [-0.2, 0) is 12.8 Å². The fourth-order valence-corrected chi connectivity index (χ4v) is 4.53. The van der Waals surface area contributed by atoms with Crippen LogP contribution in [0.25, 0.3) is 0 Å². The number of carbonyl (C=O) groups excluding carboxylic acids is 1. The summed E-state index contributed by atoms with van der Waals surface area (Å²) in [6, 6.07) is 7.66. The number of rotatable bonds is 3. The molecule has 2 amide bonds. The van der Waals surface area contributed by atoms with Gasteiger partial charge in [0.1, 0.15) is 5.82 Å². The van der Waals surface area contributed by atoms with Crippen LogP contribution >= 0.6 is 0 Å². The second-order valence-corrected chi connectivity index (χ2v) is 7.72. The highest BCUT2D eigenvalue weighted by atomic mass is 19.4. The molecule has 4 rings (SSSR count). The molecular formula is C22H19F4N3O2. The Morgan fingerprint density at radius 3 is 2.13 bits per heavy atom. The minimum atomic E-state index is -4.74. The number of aliphatic hydroxyl groups is 1. The van der Waals surface area contributed by atoms with Gasteiger partial charge in [-0.3, -0.25) is 9.80 Å². The molecule has 0 radical (unpaired) electrons. The lowest BCUT2D eigenvalue weighted by molar-refractivity contribution is -0.137. The average molecular weight is 433 g/mol. The highest BCUT2D eigenvalue weighted by Crippen LogP contribution is 2.42. The number of aliphatic hydroxyl groups excluding tert-OH is 1. The molecule has 0 aromatic heterocycles. The molecule has 162 valence electrons. The Hall–Kier alpha value is -3.12. The van der Waals surface area contributed by atoms with Gasteiger partial charge in [-0.05, 0) is 43.2 Å². The van der Waals surface area contributed by atoms with E-state index in [1.54, 1.807) is 6.07 Å². The first-order valence-electron chi connectivity index (χ1n) is 9.89. The Balaban J connectivity index is 1.78. The third-order valence-corrected chi connectivity index (χ3v) is 5.96. The van der Waals surface area contributed by atoms with E-state index < -0.39 is 35.8 Å². The van der Waals surface area contributed by atoms with Crippen molar-refractivity contribution in [1.82, 2.24) is 0 Å². The van der Waals surface area contributed by atoms with Crippen molar-refractivity contribution in [3.63, 3.8) is 0 Å².